The molecule has 0 N–H and O–H groups in total. The summed E-state index contributed by atoms with van der Waals surface area (Å²) in [6, 6.07) is 9.01. The predicted octanol–water partition coefficient (Wildman–Crippen LogP) is 1.74. The van der Waals surface area contributed by atoms with E-state index in [1.54, 1.807) is 36.3 Å². The number of amides is 2. The minimum atomic E-state index is -0.607. The van der Waals surface area contributed by atoms with E-state index in [2.05, 4.69) is 20.4 Å². The molecule has 2 amide bonds. The predicted molar refractivity (Wildman–Crippen MR) is 120 cm³/mol. The van der Waals surface area contributed by atoms with Crippen LogP contribution in [0.3, 0.4) is 0 Å². The van der Waals surface area contributed by atoms with Crippen LogP contribution in [0.15, 0.2) is 36.5 Å². The molecule has 1 saturated carbocycles. The number of benzene rings is 1. The largest absolute Gasteiger partial charge is 0.479 e. The average molecular weight is 461 g/mol. The van der Waals surface area contributed by atoms with Crippen molar-refractivity contribution in [2.24, 2.45) is 13.0 Å². The van der Waals surface area contributed by atoms with Crippen LogP contribution in [0.5, 0.6) is 11.6 Å². The van der Waals surface area contributed by atoms with Gasteiger partial charge in [-0.1, -0.05) is 11.2 Å². The van der Waals surface area contributed by atoms with Gasteiger partial charge in [0.05, 0.1) is 26.4 Å². The van der Waals surface area contributed by atoms with Crippen molar-refractivity contribution in [3.8, 4) is 11.6 Å². The van der Waals surface area contributed by atoms with E-state index >= 15 is 0 Å². The minimum absolute atomic E-state index is 0.146. The van der Waals surface area contributed by atoms with Gasteiger partial charge in [-0.2, -0.15) is 4.80 Å². The summed E-state index contributed by atoms with van der Waals surface area (Å²) in [5.41, 5.74) is 2.06. The molecule has 3 aromatic rings. The van der Waals surface area contributed by atoms with Crippen LogP contribution in [-0.4, -0.2) is 56.3 Å². The normalized spacial score (nSPS) is 19.6. The number of pyridine rings is 1. The molecule has 0 spiro atoms. The summed E-state index contributed by atoms with van der Waals surface area (Å²) in [5.74, 6) is 1.64. The Kier molecular flexibility index (Phi) is 4.89. The molecule has 1 atom stereocenters. The molecule has 4 heterocycles. The standard InChI is InChI=1S/C23H23N7O4/c1-28-26-23(25-27-28)30-12-15-4-5-16(10-18(15)21(30)31)29-9-8-19(22(29)32)34-17-6-7-20(24-11-17)33-13-14-2-3-14/h4-7,10-11,14,19H,2-3,8-9,12-13H2,1H3. The lowest BCUT2D eigenvalue weighted by atomic mass is 10.1. The van der Waals surface area contributed by atoms with E-state index in [0.717, 1.165) is 5.56 Å². The molecule has 2 aliphatic heterocycles. The zero-order chi connectivity index (χ0) is 23.2. The van der Waals surface area contributed by atoms with Gasteiger partial charge in [0, 0.05) is 30.3 Å². The first-order valence-electron chi connectivity index (χ1n) is 11.3. The lowest BCUT2D eigenvalue weighted by Crippen LogP contribution is -2.32. The van der Waals surface area contributed by atoms with Crippen molar-refractivity contribution in [1.82, 2.24) is 25.2 Å². The van der Waals surface area contributed by atoms with E-state index in [1.165, 1.54) is 22.5 Å². The Hall–Kier alpha value is -4.02. The molecule has 174 valence electrons. The number of ether oxygens (including phenoxy) is 2. The van der Waals surface area contributed by atoms with Crippen LogP contribution >= 0.6 is 0 Å². The van der Waals surface area contributed by atoms with Crippen LogP contribution in [0, 0.1) is 5.92 Å². The third-order valence-corrected chi connectivity index (χ3v) is 6.26. The number of aryl methyl sites for hydroxylation is 1. The van der Waals surface area contributed by atoms with Crippen LogP contribution in [0.4, 0.5) is 11.6 Å². The molecule has 1 saturated heterocycles. The average Bonchev–Trinajstić information content (AvgIpc) is 3.35. The maximum absolute atomic E-state index is 13.1. The Morgan fingerprint density at radius 3 is 2.71 bits per heavy atom. The summed E-state index contributed by atoms with van der Waals surface area (Å²) in [6.45, 7) is 1.56. The minimum Gasteiger partial charge on any atom is -0.479 e. The third kappa shape index (κ3) is 3.82. The van der Waals surface area contributed by atoms with Gasteiger partial charge in [-0.15, -0.1) is 5.10 Å². The van der Waals surface area contributed by atoms with Crippen molar-refractivity contribution in [1.29, 1.82) is 0 Å². The number of carbonyl (C=O) groups is 2. The van der Waals surface area contributed by atoms with E-state index in [1.807, 2.05) is 12.1 Å². The second kappa shape index (κ2) is 8.08. The van der Waals surface area contributed by atoms with Gasteiger partial charge in [0.1, 0.15) is 5.75 Å². The molecule has 11 nitrogen and oxygen atoms in total. The molecule has 1 aliphatic carbocycles. The molecule has 0 bridgehead atoms. The van der Waals surface area contributed by atoms with E-state index in [-0.39, 0.29) is 17.8 Å². The Bertz CT molecular complexity index is 1250. The lowest BCUT2D eigenvalue weighted by Gasteiger charge is -2.18. The van der Waals surface area contributed by atoms with Crippen LogP contribution < -0.4 is 19.3 Å². The first-order chi connectivity index (χ1) is 16.5. The van der Waals surface area contributed by atoms with Gasteiger partial charge in [-0.05, 0) is 47.7 Å². The van der Waals surface area contributed by atoms with E-state index < -0.39 is 6.10 Å². The fourth-order valence-corrected chi connectivity index (χ4v) is 4.19. The number of fused-ring (bicyclic) bond motifs is 1. The zero-order valence-corrected chi connectivity index (χ0v) is 18.6. The molecular weight excluding hydrogens is 438 g/mol. The van der Waals surface area contributed by atoms with Gasteiger partial charge in [0.15, 0.2) is 6.10 Å². The summed E-state index contributed by atoms with van der Waals surface area (Å²) in [4.78, 5) is 34.7. The van der Waals surface area contributed by atoms with Gasteiger partial charge in [-0.25, -0.2) is 4.98 Å². The van der Waals surface area contributed by atoms with Crippen LogP contribution in [0.25, 0.3) is 0 Å². The Labute approximate surface area is 195 Å². The third-order valence-electron chi connectivity index (χ3n) is 6.26. The number of carbonyl (C=O) groups excluding carboxylic acids is 2. The first-order valence-corrected chi connectivity index (χ1v) is 11.3. The summed E-state index contributed by atoms with van der Waals surface area (Å²) >= 11 is 0. The quantitative estimate of drug-likeness (QED) is 0.523. The molecule has 2 aromatic heterocycles. The summed E-state index contributed by atoms with van der Waals surface area (Å²) < 4.78 is 11.6. The Morgan fingerprint density at radius 2 is 1.97 bits per heavy atom. The van der Waals surface area contributed by atoms with Gasteiger partial charge < -0.3 is 14.4 Å². The van der Waals surface area contributed by atoms with Gasteiger partial charge >= 0.3 is 0 Å². The summed E-state index contributed by atoms with van der Waals surface area (Å²) in [7, 11) is 1.65. The zero-order valence-electron chi connectivity index (χ0n) is 18.6. The van der Waals surface area contributed by atoms with E-state index in [9.17, 15) is 9.59 Å². The molecule has 11 heteroatoms. The van der Waals surface area contributed by atoms with Crippen molar-refractivity contribution in [2.45, 2.75) is 31.9 Å². The van der Waals surface area contributed by atoms with Crippen molar-refractivity contribution in [3.05, 3.63) is 47.7 Å². The maximum Gasteiger partial charge on any atom is 0.273 e. The number of hydrogen-bond acceptors (Lipinski definition) is 8. The van der Waals surface area contributed by atoms with Crippen LogP contribution in [-0.2, 0) is 18.4 Å². The second-order valence-electron chi connectivity index (χ2n) is 8.78. The Balaban J connectivity index is 1.12. The smallest absolute Gasteiger partial charge is 0.273 e. The topological polar surface area (TPSA) is 116 Å². The van der Waals surface area contributed by atoms with Crippen molar-refractivity contribution >= 4 is 23.5 Å². The molecule has 3 aliphatic rings. The Morgan fingerprint density at radius 1 is 1.09 bits per heavy atom. The highest BCUT2D eigenvalue weighted by Gasteiger charge is 2.37. The van der Waals surface area contributed by atoms with Crippen LogP contribution in [0.1, 0.15) is 35.2 Å². The number of nitrogens with zero attached hydrogens (tertiary/aromatic N) is 7. The fourth-order valence-electron chi connectivity index (χ4n) is 4.19. The first kappa shape index (κ1) is 20.6. The maximum atomic E-state index is 13.1. The molecule has 1 aromatic carbocycles. The van der Waals surface area contributed by atoms with Gasteiger partial charge in [0.2, 0.25) is 5.88 Å². The summed E-state index contributed by atoms with van der Waals surface area (Å²) in [5, 5.41) is 11.8. The molecular formula is C23H23N7O4. The molecule has 0 radical (unpaired) electrons. The SMILES string of the molecule is Cn1nnc(N2Cc3ccc(N4CCC(Oc5ccc(OCC6CC6)nc5)C4=O)cc3C2=O)n1. The van der Waals surface area contributed by atoms with Gasteiger partial charge in [-0.3, -0.25) is 14.5 Å². The number of rotatable bonds is 7. The van der Waals surface area contributed by atoms with E-state index in [0.29, 0.717) is 54.9 Å². The number of tetrazole rings is 1. The van der Waals surface area contributed by atoms with Crippen molar-refractivity contribution in [2.75, 3.05) is 23.0 Å². The molecule has 1 unspecified atom stereocenters. The van der Waals surface area contributed by atoms with E-state index in [4.69, 9.17) is 9.47 Å². The monoisotopic (exact) mass is 461 g/mol. The van der Waals surface area contributed by atoms with Crippen molar-refractivity contribution in [3.63, 3.8) is 0 Å². The van der Waals surface area contributed by atoms with Crippen molar-refractivity contribution < 1.29 is 19.1 Å². The highest BCUT2D eigenvalue weighted by molar-refractivity contribution is 6.10. The molecule has 34 heavy (non-hydrogen) atoms. The lowest BCUT2D eigenvalue weighted by molar-refractivity contribution is -0.122. The van der Waals surface area contributed by atoms with Crippen LogP contribution in [0.2, 0.25) is 0 Å². The number of aromatic nitrogens is 5. The summed E-state index contributed by atoms with van der Waals surface area (Å²) in [6.07, 6.45) is 3.96. The highest BCUT2D eigenvalue weighted by atomic mass is 16.5. The fraction of sp³-hybridized carbons (Fsp3) is 0.391. The highest BCUT2D eigenvalue weighted by Crippen LogP contribution is 2.32. The molecule has 2 fully saturated rings. The molecule has 6 rings (SSSR count). The second-order valence-corrected chi connectivity index (χ2v) is 8.78. The van der Waals surface area contributed by atoms with Gasteiger partial charge in [0.25, 0.3) is 17.8 Å². The number of anilines is 2. The number of hydrogen-bond donors (Lipinski definition) is 0.